The highest BCUT2D eigenvalue weighted by Gasteiger charge is 2.27. The second-order valence-electron chi connectivity index (χ2n) is 6.99. The van der Waals surface area contributed by atoms with Crippen LogP contribution in [-0.4, -0.2) is 50.7 Å². The third kappa shape index (κ3) is 3.97. The van der Waals surface area contributed by atoms with Crippen LogP contribution in [0.5, 0.6) is 0 Å². The van der Waals surface area contributed by atoms with Crippen LogP contribution in [0, 0.1) is 0 Å². The molecule has 2 aromatic carbocycles. The number of hydrogen-bond acceptors (Lipinski definition) is 4. The third-order valence-electron chi connectivity index (χ3n) is 5.06. The molecule has 0 N–H and O–H groups in total. The van der Waals surface area contributed by atoms with Crippen LogP contribution in [-0.2, 0) is 4.74 Å². The average molecular weight is 352 g/mol. The van der Waals surface area contributed by atoms with Gasteiger partial charge in [0.2, 0.25) is 0 Å². The second kappa shape index (κ2) is 8.47. The number of hydrogen-bond donors (Lipinski definition) is 0. The molecule has 1 aliphatic rings. The molecule has 4 heteroatoms. The molecule has 3 rings (SSSR count). The summed E-state index contributed by atoms with van der Waals surface area (Å²) in [6.07, 6.45) is 0.837. The third-order valence-corrected chi connectivity index (χ3v) is 5.06. The van der Waals surface area contributed by atoms with Crippen molar-refractivity contribution in [3.8, 4) is 0 Å². The molecule has 2 aromatic rings. The molecule has 0 amide bonds. The molecule has 0 radical (unpaired) electrons. The molecule has 26 heavy (non-hydrogen) atoms. The van der Waals surface area contributed by atoms with E-state index < -0.39 is 0 Å². The summed E-state index contributed by atoms with van der Waals surface area (Å²) < 4.78 is 5.83. The van der Waals surface area contributed by atoms with Crippen molar-refractivity contribution in [3.63, 3.8) is 0 Å². The summed E-state index contributed by atoms with van der Waals surface area (Å²) in [6, 6.07) is 18.1. The van der Waals surface area contributed by atoms with Crippen LogP contribution in [0.1, 0.15) is 35.2 Å². The van der Waals surface area contributed by atoms with E-state index in [0.29, 0.717) is 6.61 Å². The lowest BCUT2D eigenvalue weighted by Crippen LogP contribution is -2.49. The van der Waals surface area contributed by atoms with Crippen molar-refractivity contribution in [2.75, 3.05) is 38.7 Å². The van der Waals surface area contributed by atoms with Crippen LogP contribution >= 0.6 is 0 Å². The number of rotatable bonds is 6. The maximum absolute atomic E-state index is 13.4. The van der Waals surface area contributed by atoms with Crippen LogP contribution in [0.15, 0.2) is 54.6 Å². The lowest BCUT2D eigenvalue weighted by Gasteiger charge is -2.38. The van der Waals surface area contributed by atoms with E-state index in [-0.39, 0.29) is 17.9 Å². The first-order valence-electron chi connectivity index (χ1n) is 9.33. The number of carbonyl (C=O) groups is 1. The van der Waals surface area contributed by atoms with Crippen LogP contribution in [0.3, 0.4) is 0 Å². The fraction of sp³-hybridized carbons (Fsp3) is 0.409. The second-order valence-corrected chi connectivity index (χ2v) is 6.99. The van der Waals surface area contributed by atoms with Gasteiger partial charge >= 0.3 is 0 Å². The number of carbonyl (C=O) groups excluding carboxylic acids is 1. The molecule has 0 aromatic heterocycles. The van der Waals surface area contributed by atoms with Gasteiger partial charge in [-0.15, -0.1) is 0 Å². The normalized spacial score (nSPS) is 18.8. The quantitative estimate of drug-likeness (QED) is 0.741. The Morgan fingerprint density at radius 2 is 1.85 bits per heavy atom. The van der Waals surface area contributed by atoms with Gasteiger partial charge in [-0.1, -0.05) is 49.4 Å². The Morgan fingerprint density at radius 1 is 1.15 bits per heavy atom. The molecule has 1 fully saturated rings. The largest absolute Gasteiger partial charge is 0.365 e. The summed E-state index contributed by atoms with van der Waals surface area (Å²) in [5.41, 5.74) is 2.91. The Labute approximate surface area is 156 Å². The number of ketones is 1. The summed E-state index contributed by atoms with van der Waals surface area (Å²) in [5.74, 6) is 0.0882. The molecule has 138 valence electrons. The topological polar surface area (TPSA) is 32.8 Å². The van der Waals surface area contributed by atoms with Crippen molar-refractivity contribution in [2.24, 2.45) is 0 Å². The molecule has 0 aliphatic carbocycles. The Balaban J connectivity index is 1.90. The van der Waals surface area contributed by atoms with Gasteiger partial charge in [-0.2, -0.15) is 0 Å². The fourth-order valence-electron chi connectivity index (χ4n) is 3.57. The number of para-hydroxylation sites is 1. The molecular weight excluding hydrogens is 324 g/mol. The molecule has 0 spiro atoms. The van der Waals surface area contributed by atoms with E-state index in [1.807, 2.05) is 62.6 Å². The maximum Gasteiger partial charge on any atom is 0.172 e. The number of benzene rings is 2. The van der Waals surface area contributed by atoms with Gasteiger partial charge in [0.05, 0.1) is 13.2 Å². The highest BCUT2D eigenvalue weighted by Crippen LogP contribution is 2.30. The van der Waals surface area contributed by atoms with E-state index in [2.05, 4.69) is 22.8 Å². The Kier molecular flexibility index (Phi) is 6.07. The van der Waals surface area contributed by atoms with E-state index in [1.165, 1.54) is 0 Å². The van der Waals surface area contributed by atoms with Crippen LogP contribution < -0.4 is 4.90 Å². The number of Topliss-reactive ketones (excluding diaryl/α,β-unsaturated/α-hetero) is 1. The number of likely N-dealkylation sites (N-methyl/N-ethyl adjacent to an activating group) is 1. The van der Waals surface area contributed by atoms with E-state index in [1.54, 1.807) is 0 Å². The van der Waals surface area contributed by atoms with Gasteiger partial charge in [0.1, 0.15) is 6.23 Å². The molecule has 1 aliphatic heterocycles. The summed E-state index contributed by atoms with van der Waals surface area (Å²) >= 11 is 0. The van der Waals surface area contributed by atoms with Gasteiger partial charge in [0.15, 0.2) is 5.78 Å². The van der Waals surface area contributed by atoms with E-state index >= 15 is 0 Å². The summed E-state index contributed by atoms with van der Waals surface area (Å²) in [4.78, 5) is 17.7. The van der Waals surface area contributed by atoms with Crippen LogP contribution in [0.4, 0.5) is 5.69 Å². The zero-order valence-electron chi connectivity index (χ0n) is 15.9. The highest BCUT2D eigenvalue weighted by molar-refractivity contribution is 6.05. The van der Waals surface area contributed by atoms with Gasteiger partial charge in [0.25, 0.3) is 0 Å². The molecule has 1 saturated heterocycles. The van der Waals surface area contributed by atoms with Gasteiger partial charge in [0, 0.05) is 23.7 Å². The highest BCUT2D eigenvalue weighted by atomic mass is 16.5. The van der Waals surface area contributed by atoms with Crippen molar-refractivity contribution >= 4 is 11.5 Å². The fourth-order valence-corrected chi connectivity index (χ4v) is 3.57. The standard InChI is InChI=1S/C22H28N2O2/c1-4-18(17-10-6-5-7-11-17)22(25)19-12-8-9-13-20(19)24-14-15-26-21(16-24)23(2)3/h5-13,18,21H,4,14-16H2,1-3H3. The van der Waals surface area contributed by atoms with Crippen LogP contribution in [0.2, 0.25) is 0 Å². The van der Waals surface area contributed by atoms with Gasteiger partial charge in [-0.25, -0.2) is 0 Å². The Bertz CT molecular complexity index is 730. The van der Waals surface area contributed by atoms with Crippen LogP contribution in [0.25, 0.3) is 0 Å². The van der Waals surface area contributed by atoms with E-state index in [0.717, 1.165) is 36.3 Å². The Hall–Kier alpha value is -2.17. The SMILES string of the molecule is CCC(C(=O)c1ccccc1N1CCOC(N(C)C)C1)c1ccccc1. The van der Waals surface area contributed by atoms with Crippen molar-refractivity contribution in [1.82, 2.24) is 4.90 Å². The van der Waals surface area contributed by atoms with Crippen molar-refractivity contribution in [2.45, 2.75) is 25.5 Å². The number of nitrogens with zero attached hydrogens (tertiary/aromatic N) is 2. The first-order chi connectivity index (χ1) is 12.6. The first kappa shape index (κ1) is 18.6. The zero-order valence-corrected chi connectivity index (χ0v) is 15.9. The summed E-state index contributed by atoms with van der Waals surface area (Å²) in [7, 11) is 4.04. The molecule has 1 heterocycles. The number of morpholine rings is 1. The number of ether oxygens (including phenoxy) is 1. The van der Waals surface area contributed by atoms with E-state index in [9.17, 15) is 4.79 Å². The Morgan fingerprint density at radius 3 is 2.54 bits per heavy atom. The predicted octanol–water partition coefficient (Wildman–Crippen LogP) is 3.79. The molecule has 2 unspecified atom stereocenters. The molecule has 2 atom stereocenters. The smallest absolute Gasteiger partial charge is 0.172 e. The monoisotopic (exact) mass is 352 g/mol. The van der Waals surface area contributed by atoms with Gasteiger partial charge in [-0.05, 0) is 38.2 Å². The van der Waals surface area contributed by atoms with Gasteiger partial charge in [-0.3, -0.25) is 9.69 Å². The van der Waals surface area contributed by atoms with E-state index in [4.69, 9.17) is 4.74 Å². The first-order valence-corrected chi connectivity index (χ1v) is 9.33. The summed E-state index contributed by atoms with van der Waals surface area (Å²) in [5, 5.41) is 0. The maximum atomic E-state index is 13.4. The molecule has 4 nitrogen and oxygen atoms in total. The predicted molar refractivity (Wildman–Crippen MR) is 106 cm³/mol. The molecule has 0 bridgehead atoms. The average Bonchev–Trinajstić information content (AvgIpc) is 2.69. The van der Waals surface area contributed by atoms with Gasteiger partial charge < -0.3 is 9.64 Å². The van der Waals surface area contributed by atoms with Crippen molar-refractivity contribution < 1.29 is 9.53 Å². The summed E-state index contributed by atoms with van der Waals surface area (Å²) in [6.45, 7) is 4.31. The molecule has 0 saturated carbocycles. The number of anilines is 1. The minimum Gasteiger partial charge on any atom is -0.365 e. The lowest BCUT2D eigenvalue weighted by molar-refractivity contribution is -0.0440. The zero-order chi connectivity index (χ0) is 18.5. The minimum atomic E-state index is -0.108. The lowest BCUT2D eigenvalue weighted by atomic mass is 9.88. The van der Waals surface area contributed by atoms with Crippen molar-refractivity contribution in [3.05, 3.63) is 65.7 Å². The molecular formula is C22H28N2O2. The van der Waals surface area contributed by atoms with Crippen molar-refractivity contribution in [1.29, 1.82) is 0 Å². The minimum absolute atomic E-state index is 0.0444.